The van der Waals surface area contributed by atoms with Crippen LogP contribution in [0.3, 0.4) is 0 Å². The van der Waals surface area contributed by atoms with Gasteiger partial charge in [0.2, 0.25) is 0 Å². The minimum Gasteiger partial charge on any atom is -0.507 e. The normalized spacial score (nSPS) is 17.6. The lowest BCUT2D eigenvalue weighted by Crippen LogP contribution is -2.29. The number of hydrogen-bond acceptors (Lipinski definition) is 4. The Kier molecular flexibility index (Phi) is 4.98. The largest absolute Gasteiger partial charge is 0.507 e. The number of nitrogens with zero attached hydrogens (tertiary/aromatic N) is 2. The van der Waals surface area contributed by atoms with E-state index in [4.69, 9.17) is 0 Å². The van der Waals surface area contributed by atoms with Crippen molar-refractivity contribution < 1.29 is 19.1 Å². The molecule has 0 aliphatic carbocycles. The van der Waals surface area contributed by atoms with Crippen LogP contribution in [0, 0.1) is 12.7 Å². The molecule has 1 aromatic heterocycles. The van der Waals surface area contributed by atoms with Gasteiger partial charge in [0.1, 0.15) is 11.6 Å². The third kappa shape index (κ3) is 3.36. The Morgan fingerprint density at radius 2 is 1.70 bits per heavy atom. The molecule has 6 heteroatoms. The highest BCUT2D eigenvalue weighted by molar-refractivity contribution is 6.52. The number of aryl methyl sites for hydroxylation is 1. The first-order chi connectivity index (χ1) is 16.0. The second kappa shape index (κ2) is 7.98. The third-order valence-corrected chi connectivity index (χ3v) is 5.92. The summed E-state index contributed by atoms with van der Waals surface area (Å²) in [7, 11) is 0. The molecule has 1 saturated heterocycles. The Labute approximate surface area is 189 Å². The van der Waals surface area contributed by atoms with E-state index in [0.29, 0.717) is 16.8 Å². The fourth-order valence-corrected chi connectivity index (χ4v) is 4.31. The van der Waals surface area contributed by atoms with Crippen molar-refractivity contribution in [2.75, 3.05) is 4.90 Å². The van der Waals surface area contributed by atoms with Crippen molar-refractivity contribution in [3.63, 3.8) is 0 Å². The zero-order chi connectivity index (χ0) is 23.1. The molecule has 1 atom stereocenters. The molecule has 33 heavy (non-hydrogen) atoms. The van der Waals surface area contributed by atoms with Crippen LogP contribution in [0.15, 0.2) is 90.8 Å². The van der Waals surface area contributed by atoms with E-state index in [0.717, 1.165) is 10.8 Å². The zero-order valence-electron chi connectivity index (χ0n) is 17.7. The van der Waals surface area contributed by atoms with Gasteiger partial charge in [-0.25, -0.2) is 4.39 Å². The number of fused-ring (bicyclic) bond motifs is 1. The fourth-order valence-electron chi connectivity index (χ4n) is 4.31. The molecule has 0 saturated carbocycles. The molecule has 162 valence electrons. The Morgan fingerprint density at radius 1 is 0.970 bits per heavy atom. The van der Waals surface area contributed by atoms with E-state index in [2.05, 4.69) is 4.98 Å². The van der Waals surface area contributed by atoms with Gasteiger partial charge in [-0.1, -0.05) is 36.4 Å². The van der Waals surface area contributed by atoms with E-state index >= 15 is 0 Å². The summed E-state index contributed by atoms with van der Waals surface area (Å²) in [6.45, 7) is 1.57. The molecule has 0 spiro atoms. The van der Waals surface area contributed by atoms with Crippen molar-refractivity contribution in [1.82, 2.24) is 4.98 Å². The van der Waals surface area contributed by atoms with Gasteiger partial charge >= 0.3 is 0 Å². The Balaban J connectivity index is 1.78. The summed E-state index contributed by atoms with van der Waals surface area (Å²) < 4.78 is 13.8. The van der Waals surface area contributed by atoms with E-state index in [-0.39, 0.29) is 16.9 Å². The molecule has 0 bridgehead atoms. The van der Waals surface area contributed by atoms with Crippen LogP contribution in [0.4, 0.5) is 10.1 Å². The van der Waals surface area contributed by atoms with Crippen LogP contribution in [-0.2, 0) is 9.59 Å². The summed E-state index contributed by atoms with van der Waals surface area (Å²) in [4.78, 5) is 32.1. The van der Waals surface area contributed by atoms with Gasteiger partial charge in [0.25, 0.3) is 11.7 Å². The van der Waals surface area contributed by atoms with Gasteiger partial charge in [-0.2, -0.15) is 0 Å². The number of halogens is 1. The first kappa shape index (κ1) is 20.6. The lowest BCUT2D eigenvalue weighted by molar-refractivity contribution is -0.132. The van der Waals surface area contributed by atoms with E-state index < -0.39 is 23.5 Å². The van der Waals surface area contributed by atoms with Crippen molar-refractivity contribution >= 4 is 33.9 Å². The number of rotatable bonds is 3. The Morgan fingerprint density at radius 3 is 2.45 bits per heavy atom. The molecule has 4 aromatic rings. The second-order valence-electron chi connectivity index (χ2n) is 7.91. The van der Waals surface area contributed by atoms with E-state index in [9.17, 15) is 19.1 Å². The van der Waals surface area contributed by atoms with Crippen molar-refractivity contribution in [3.05, 3.63) is 113 Å². The number of ketones is 1. The molecule has 1 N–H and O–H groups in total. The maximum absolute atomic E-state index is 13.8. The minimum atomic E-state index is -0.871. The van der Waals surface area contributed by atoms with Crippen molar-refractivity contribution in [3.8, 4) is 0 Å². The molecule has 0 radical (unpaired) electrons. The van der Waals surface area contributed by atoms with Crippen LogP contribution in [0.2, 0.25) is 0 Å². The molecule has 1 aliphatic rings. The summed E-state index contributed by atoms with van der Waals surface area (Å²) in [6.07, 6.45) is 3.14. The van der Waals surface area contributed by atoms with Gasteiger partial charge < -0.3 is 5.11 Å². The van der Waals surface area contributed by atoms with Gasteiger partial charge in [-0.05, 0) is 59.8 Å². The van der Waals surface area contributed by atoms with Crippen molar-refractivity contribution in [2.24, 2.45) is 0 Å². The highest BCUT2D eigenvalue weighted by Gasteiger charge is 2.47. The average molecular weight is 438 g/mol. The van der Waals surface area contributed by atoms with Gasteiger partial charge in [-0.15, -0.1) is 0 Å². The molecule has 1 unspecified atom stereocenters. The Hall–Kier alpha value is -4.32. The highest BCUT2D eigenvalue weighted by Crippen LogP contribution is 2.44. The van der Waals surface area contributed by atoms with E-state index in [1.807, 2.05) is 36.4 Å². The second-order valence-corrected chi connectivity index (χ2v) is 7.91. The molecular formula is C27H19FN2O3. The molecule has 1 amide bonds. The lowest BCUT2D eigenvalue weighted by Gasteiger charge is -2.26. The van der Waals surface area contributed by atoms with Crippen LogP contribution in [-0.4, -0.2) is 21.8 Å². The lowest BCUT2D eigenvalue weighted by atomic mass is 9.95. The predicted molar refractivity (Wildman–Crippen MR) is 124 cm³/mol. The first-order valence-electron chi connectivity index (χ1n) is 10.4. The maximum Gasteiger partial charge on any atom is 0.300 e. The van der Waals surface area contributed by atoms with Gasteiger partial charge in [0, 0.05) is 23.3 Å². The SMILES string of the molecule is Cc1cc(/C(O)=C2\C(=O)C(=O)N(c3cccc4ccccc34)C2c2ccncc2)ccc1F. The number of anilines is 1. The number of hydrogen-bond donors (Lipinski definition) is 1. The minimum absolute atomic E-state index is 0.0508. The van der Waals surface area contributed by atoms with Crippen LogP contribution in [0.25, 0.3) is 16.5 Å². The summed E-state index contributed by atoms with van der Waals surface area (Å²) in [5.74, 6) is -2.31. The summed E-state index contributed by atoms with van der Waals surface area (Å²) in [5.41, 5.74) is 1.72. The molecule has 5 nitrogen and oxygen atoms in total. The molecule has 1 fully saturated rings. The van der Waals surface area contributed by atoms with Crippen LogP contribution in [0.5, 0.6) is 0 Å². The smallest absolute Gasteiger partial charge is 0.300 e. The molecular weight excluding hydrogens is 419 g/mol. The predicted octanol–water partition coefficient (Wildman–Crippen LogP) is 5.31. The fraction of sp³-hybridized carbons (Fsp3) is 0.0741. The summed E-state index contributed by atoms with van der Waals surface area (Å²) >= 11 is 0. The number of aliphatic hydroxyl groups excluding tert-OH is 1. The van der Waals surface area contributed by atoms with E-state index in [1.54, 1.807) is 37.5 Å². The van der Waals surface area contributed by atoms with Crippen LogP contribution >= 0.6 is 0 Å². The Bertz CT molecular complexity index is 1440. The number of amides is 1. The summed E-state index contributed by atoms with van der Waals surface area (Å²) in [5, 5.41) is 12.9. The first-order valence-corrected chi connectivity index (χ1v) is 10.4. The quantitative estimate of drug-likeness (QED) is 0.267. The maximum atomic E-state index is 13.8. The van der Waals surface area contributed by atoms with Gasteiger partial charge in [0.15, 0.2) is 0 Å². The topological polar surface area (TPSA) is 70.5 Å². The zero-order valence-corrected chi connectivity index (χ0v) is 17.7. The number of aromatic nitrogens is 1. The number of carbonyl (C=O) groups excluding carboxylic acids is 2. The van der Waals surface area contributed by atoms with Crippen LogP contribution in [0.1, 0.15) is 22.7 Å². The van der Waals surface area contributed by atoms with Crippen molar-refractivity contribution in [2.45, 2.75) is 13.0 Å². The van der Waals surface area contributed by atoms with E-state index in [1.165, 1.54) is 23.1 Å². The number of aliphatic hydroxyl groups is 1. The molecule has 2 heterocycles. The molecule has 1 aliphatic heterocycles. The average Bonchev–Trinajstić information content (AvgIpc) is 3.11. The van der Waals surface area contributed by atoms with Crippen LogP contribution < -0.4 is 4.90 Å². The number of benzene rings is 3. The molecule has 5 rings (SSSR count). The number of pyridine rings is 1. The third-order valence-electron chi connectivity index (χ3n) is 5.92. The van der Waals surface area contributed by atoms with Crippen molar-refractivity contribution in [1.29, 1.82) is 0 Å². The van der Waals surface area contributed by atoms with Gasteiger partial charge in [0.05, 0.1) is 17.3 Å². The standard InChI is InChI=1S/C27H19FN2O3/c1-16-15-19(9-10-21(16)28)25(31)23-24(18-11-13-29-14-12-18)30(27(33)26(23)32)22-8-4-6-17-5-2-3-7-20(17)22/h2-15,24,31H,1H3/b25-23+. The summed E-state index contributed by atoms with van der Waals surface area (Å²) in [6, 6.07) is 19.7. The van der Waals surface area contributed by atoms with Gasteiger partial charge in [-0.3, -0.25) is 19.5 Å². The molecule has 3 aromatic carbocycles. The highest BCUT2D eigenvalue weighted by atomic mass is 19.1. The monoisotopic (exact) mass is 438 g/mol. The number of carbonyl (C=O) groups is 2. The number of Topliss-reactive ketones (excluding diaryl/α,β-unsaturated/α-hetero) is 1.